The molecule has 2 aliphatic heterocycles. The number of ether oxygens (including phenoxy) is 2. The molecule has 1 saturated carbocycles. The molecule has 4 N–H and O–H groups in total. The van der Waals surface area contributed by atoms with Gasteiger partial charge in [-0.3, -0.25) is 9.69 Å². The van der Waals surface area contributed by atoms with Crippen LogP contribution in [0.5, 0.6) is 0 Å². The van der Waals surface area contributed by atoms with Gasteiger partial charge in [0.2, 0.25) is 5.91 Å². The lowest BCUT2D eigenvalue weighted by Gasteiger charge is -2.44. The molecule has 14 heteroatoms. The Labute approximate surface area is 241 Å². The van der Waals surface area contributed by atoms with E-state index in [0.29, 0.717) is 31.2 Å². The monoisotopic (exact) mass is 606 g/mol. The minimum absolute atomic E-state index is 0.0874. The molecule has 0 aromatic carbocycles. The van der Waals surface area contributed by atoms with Crippen molar-refractivity contribution in [3.05, 3.63) is 22.1 Å². The van der Waals surface area contributed by atoms with Gasteiger partial charge in [-0.2, -0.15) is 0 Å². The number of halogens is 1. The van der Waals surface area contributed by atoms with Gasteiger partial charge in [0.15, 0.2) is 18.1 Å². The zero-order valence-corrected chi connectivity index (χ0v) is 24.4. The van der Waals surface area contributed by atoms with Gasteiger partial charge in [0.1, 0.15) is 35.9 Å². The summed E-state index contributed by atoms with van der Waals surface area (Å²) in [5.41, 5.74) is -0.836. The summed E-state index contributed by atoms with van der Waals surface area (Å²) in [6.45, 7) is 3.11. The number of aliphatic hydroxyl groups excluding tert-OH is 3. The van der Waals surface area contributed by atoms with E-state index in [1.807, 2.05) is 0 Å². The first-order valence-electron chi connectivity index (χ1n) is 13.7. The molecule has 1 unspecified atom stereocenters. The number of carbonyl (C=O) groups excluding carboxylic acids is 2. The summed E-state index contributed by atoms with van der Waals surface area (Å²) in [7, 11) is 0. The first kappa shape index (κ1) is 31.2. The molecule has 1 aliphatic carbocycles. The Morgan fingerprint density at radius 2 is 1.77 bits per heavy atom. The van der Waals surface area contributed by atoms with E-state index in [1.54, 1.807) is 13.2 Å². The summed E-state index contributed by atoms with van der Waals surface area (Å²) in [6.07, 6.45) is 0.857. The van der Waals surface area contributed by atoms with Crippen LogP contribution in [0.4, 0.5) is 4.79 Å². The molecule has 3 aliphatic rings. The number of aliphatic hydroxyl groups is 3. The summed E-state index contributed by atoms with van der Waals surface area (Å²) >= 11 is 7.61. The Morgan fingerprint density at radius 1 is 1.10 bits per heavy atom. The highest BCUT2D eigenvalue weighted by Gasteiger charge is 2.48. The molecular weight excluding hydrogens is 568 g/mol. The second kappa shape index (κ2) is 13.5. The van der Waals surface area contributed by atoms with E-state index in [4.69, 9.17) is 29.9 Å². The first-order chi connectivity index (χ1) is 19.0. The topological polar surface area (TPSA) is 172 Å². The van der Waals surface area contributed by atoms with Gasteiger partial charge >= 0.3 is 11.9 Å². The maximum absolute atomic E-state index is 13.8. The Balaban J connectivity index is 1.50. The fourth-order valence-corrected chi connectivity index (χ4v) is 6.41. The lowest BCUT2D eigenvalue weighted by atomic mass is 9.92. The third-order valence-electron chi connectivity index (χ3n) is 8.06. The lowest BCUT2D eigenvalue weighted by molar-refractivity contribution is -0.205. The van der Waals surface area contributed by atoms with E-state index in [0.717, 1.165) is 24.6 Å². The molecule has 1 aromatic rings. The van der Waals surface area contributed by atoms with Crippen molar-refractivity contribution in [2.45, 2.75) is 106 Å². The molecule has 40 heavy (non-hydrogen) atoms. The van der Waals surface area contributed by atoms with Gasteiger partial charge in [0, 0.05) is 6.54 Å². The van der Waals surface area contributed by atoms with Crippen molar-refractivity contribution >= 4 is 35.4 Å². The van der Waals surface area contributed by atoms with E-state index in [2.05, 4.69) is 5.32 Å². The van der Waals surface area contributed by atoms with Gasteiger partial charge in [-0.15, -0.1) is 23.4 Å². The average molecular weight is 607 g/mol. The van der Waals surface area contributed by atoms with Crippen LogP contribution in [0.2, 0.25) is 0 Å². The highest BCUT2D eigenvalue weighted by atomic mass is 35.5. The maximum Gasteiger partial charge on any atom is 0.519 e. The van der Waals surface area contributed by atoms with Crippen LogP contribution >= 0.6 is 23.4 Å². The molecule has 0 radical (unpaired) electrons. The van der Waals surface area contributed by atoms with Crippen LogP contribution in [0.3, 0.4) is 0 Å². The largest absolute Gasteiger partial charge is 0.519 e. The first-order valence-corrected chi connectivity index (χ1v) is 15.4. The number of hydrogen-bond donors (Lipinski definition) is 4. The van der Waals surface area contributed by atoms with Crippen molar-refractivity contribution in [2.24, 2.45) is 11.8 Å². The van der Waals surface area contributed by atoms with Crippen LogP contribution in [0.15, 0.2) is 13.6 Å². The molecule has 2 saturated heterocycles. The third kappa shape index (κ3) is 7.35. The highest BCUT2D eigenvalue weighted by Crippen LogP contribution is 2.39. The molecule has 0 spiro atoms. The van der Waals surface area contributed by atoms with Crippen LogP contribution in [0, 0.1) is 18.8 Å². The number of amides is 2. The normalized spacial score (nSPS) is 32.7. The van der Waals surface area contributed by atoms with Crippen molar-refractivity contribution in [1.29, 1.82) is 0 Å². The number of likely N-dealkylation sites (tertiary alicyclic amines) is 1. The second-order valence-electron chi connectivity index (χ2n) is 11.0. The van der Waals surface area contributed by atoms with Crippen LogP contribution in [0.25, 0.3) is 0 Å². The number of hydrogen-bond acceptors (Lipinski definition) is 11. The lowest BCUT2D eigenvalue weighted by Crippen LogP contribution is -2.65. The van der Waals surface area contributed by atoms with Gasteiger partial charge < -0.3 is 38.9 Å². The van der Waals surface area contributed by atoms with Gasteiger partial charge in [0.05, 0.1) is 11.4 Å². The van der Waals surface area contributed by atoms with Crippen molar-refractivity contribution in [1.82, 2.24) is 10.2 Å². The Hall–Kier alpha value is -1.77. The van der Waals surface area contributed by atoms with E-state index < -0.39 is 65.1 Å². The van der Waals surface area contributed by atoms with Gasteiger partial charge in [-0.1, -0.05) is 12.8 Å². The summed E-state index contributed by atoms with van der Waals surface area (Å²) < 4.78 is 21.0. The summed E-state index contributed by atoms with van der Waals surface area (Å²) in [5.74, 6) is -0.0456. The smallest absolute Gasteiger partial charge is 0.441 e. The molecule has 4 rings (SSSR count). The molecule has 2 amide bonds. The molecule has 226 valence electrons. The predicted octanol–water partition coefficient (Wildman–Crippen LogP) is 1.73. The maximum atomic E-state index is 13.8. The van der Waals surface area contributed by atoms with Crippen LogP contribution in [0.1, 0.15) is 57.0 Å². The molecule has 12 nitrogen and oxygen atoms in total. The number of nitrogens with zero attached hydrogens (tertiary/aromatic N) is 1. The predicted molar refractivity (Wildman–Crippen MR) is 145 cm³/mol. The number of aryl methyl sites for hydroxylation is 1. The number of alkyl halides is 1. The Kier molecular flexibility index (Phi) is 10.5. The number of rotatable bonds is 9. The average Bonchev–Trinajstić information content (AvgIpc) is 3.70. The molecule has 3 heterocycles. The van der Waals surface area contributed by atoms with Crippen molar-refractivity contribution in [2.75, 3.05) is 12.8 Å². The molecule has 9 atom stereocenters. The summed E-state index contributed by atoms with van der Waals surface area (Å²) in [4.78, 5) is 39.7. The van der Waals surface area contributed by atoms with Crippen molar-refractivity contribution in [3.63, 3.8) is 0 Å². The molecule has 1 aromatic heterocycles. The number of thioether (sulfide) groups is 1. The minimum atomic E-state index is -1.50. The zero-order valence-electron chi connectivity index (χ0n) is 22.9. The zero-order chi connectivity index (χ0) is 29.1. The van der Waals surface area contributed by atoms with E-state index >= 15 is 0 Å². The second-order valence-corrected chi connectivity index (χ2v) is 12.6. The van der Waals surface area contributed by atoms with Crippen LogP contribution < -0.4 is 11.1 Å². The van der Waals surface area contributed by atoms with E-state index in [-0.39, 0.29) is 18.1 Å². The number of carbonyl (C=O) groups is 2. The Morgan fingerprint density at radius 3 is 2.38 bits per heavy atom. The minimum Gasteiger partial charge on any atom is -0.441 e. The van der Waals surface area contributed by atoms with Crippen molar-refractivity contribution < 1.29 is 43.2 Å². The van der Waals surface area contributed by atoms with E-state index in [9.17, 15) is 29.7 Å². The fourth-order valence-electron chi connectivity index (χ4n) is 5.52. The fraction of sp³-hybridized carbons (Fsp3) is 0.808. The van der Waals surface area contributed by atoms with Crippen molar-refractivity contribution in [3.8, 4) is 0 Å². The third-order valence-corrected chi connectivity index (χ3v) is 9.19. The standard InChI is InChI=1S/C26H39ClN2O10S/c1-12(27)18(22-20(31)19(30)21(32)24(39-22)40-3)28-23(33)16-7-6-15(10-14-4-5-14)8-9-29(16)25(34)36-11-17-13(2)37-26(35)38-17/h12,14-16,18-22,24,30-32H,4-11H2,1-3H3,(H,28,33)/t12-,15?,16-,18+,19-,20+,21+,22+,24+/m0/s1. The van der Waals surface area contributed by atoms with Crippen LogP contribution in [-0.4, -0.2) is 92.3 Å². The molecule has 0 bridgehead atoms. The van der Waals surface area contributed by atoms with Gasteiger partial charge in [-0.05, 0) is 57.6 Å². The van der Waals surface area contributed by atoms with Crippen LogP contribution in [-0.2, 0) is 20.9 Å². The summed E-state index contributed by atoms with van der Waals surface area (Å²) in [6, 6.07) is -1.83. The highest BCUT2D eigenvalue weighted by molar-refractivity contribution is 7.99. The number of nitrogens with one attached hydrogen (secondary N) is 1. The van der Waals surface area contributed by atoms with E-state index in [1.165, 1.54) is 24.7 Å². The van der Waals surface area contributed by atoms with Gasteiger partial charge in [-0.25, -0.2) is 9.59 Å². The Bertz CT molecular complexity index is 1080. The quantitative estimate of drug-likeness (QED) is 0.302. The molecule has 3 fully saturated rings. The molecular formula is C26H39ClN2O10S. The van der Waals surface area contributed by atoms with Gasteiger partial charge in [0.25, 0.3) is 0 Å². The SMILES string of the molecule is CS[C@H]1O[C@H]([C@H](NC(=O)[C@@H]2CCC(CC3CC3)CCN2C(=O)OCc2oc(=O)oc2C)[C@H](C)Cl)[C@H](O)[C@H](O)[C@H]1O. The summed E-state index contributed by atoms with van der Waals surface area (Å²) in [5, 5.41) is 33.5.